The highest BCUT2D eigenvalue weighted by molar-refractivity contribution is 5.30. The summed E-state index contributed by atoms with van der Waals surface area (Å²) in [5.74, 6) is 0. The van der Waals surface area contributed by atoms with Gasteiger partial charge < -0.3 is 4.74 Å². The van der Waals surface area contributed by atoms with E-state index in [1.54, 1.807) is 0 Å². The molecule has 0 fully saturated rings. The second-order valence-corrected chi connectivity index (χ2v) is 2.98. The summed E-state index contributed by atoms with van der Waals surface area (Å²) < 4.78 is 5.44. The van der Waals surface area contributed by atoms with Gasteiger partial charge in [0, 0.05) is 17.5 Å². The van der Waals surface area contributed by atoms with Crippen LogP contribution in [0, 0.1) is 6.92 Å². The SMILES string of the molecule is CC.Cc1cc2c(cn1)COC2C. The highest BCUT2D eigenvalue weighted by atomic mass is 16.5. The van der Waals surface area contributed by atoms with E-state index in [0.717, 1.165) is 12.3 Å². The molecule has 0 N–H and O–H groups in total. The zero-order valence-electron chi connectivity index (χ0n) is 8.79. The Labute approximate surface area is 80.0 Å². The van der Waals surface area contributed by atoms with Crippen LogP contribution in [0.1, 0.15) is 43.7 Å². The molecule has 0 bridgehead atoms. The van der Waals surface area contributed by atoms with E-state index < -0.39 is 0 Å². The number of fused-ring (bicyclic) bond motifs is 1. The minimum absolute atomic E-state index is 0.256. The van der Waals surface area contributed by atoms with Gasteiger partial charge in [0.15, 0.2) is 0 Å². The monoisotopic (exact) mass is 179 g/mol. The topological polar surface area (TPSA) is 22.1 Å². The van der Waals surface area contributed by atoms with E-state index >= 15 is 0 Å². The minimum Gasteiger partial charge on any atom is -0.369 e. The quantitative estimate of drug-likeness (QED) is 0.610. The molecule has 0 spiro atoms. The molecule has 0 amide bonds. The van der Waals surface area contributed by atoms with Crippen LogP contribution in [0.2, 0.25) is 0 Å². The van der Waals surface area contributed by atoms with Crippen molar-refractivity contribution in [3.05, 3.63) is 29.1 Å². The number of ether oxygens (including phenoxy) is 1. The molecular formula is C11H17NO. The lowest BCUT2D eigenvalue weighted by Crippen LogP contribution is -1.90. The minimum atomic E-state index is 0.256. The van der Waals surface area contributed by atoms with E-state index in [1.807, 2.05) is 27.0 Å². The zero-order valence-corrected chi connectivity index (χ0v) is 8.79. The van der Waals surface area contributed by atoms with Crippen molar-refractivity contribution in [1.29, 1.82) is 0 Å². The molecule has 1 aliphatic heterocycles. The molecule has 0 aliphatic carbocycles. The van der Waals surface area contributed by atoms with Gasteiger partial charge in [-0.05, 0) is 25.5 Å². The molecule has 1 aliphatic rings. The third-order valence-corrected chi connectivity index (χ3v) is 2.09. The Balaban J connectivity index is 0.000000396. The van der Waals surface area contributed by atoms with Gasteiger partial charge in [-0.1, -0.05) is 13.8 Å². The van der Waals surface area contributed by atoms with E-state index in [2.05, 4.69) is 18.0 Å². The Morgan fingerprint density at radius 1 is 1.46 bits per heavy atom. The molecule has 0 aromatic carbocycles. The number of rotatable bonds is 0. The van der Waals surface area contributed by atoms with E-state index in [9.17, 15) is 0 Å². The molecule has 2 heterocycles. The highest BCUT2D eigenvalue weighted by Crippen LogP contribution is 2.29. The smallest absolute Gasteiger partial charge is 0.0806 e. The first kappa shape index (κ1) is 10.2. The van der Waals surface area contributed by atoms with Crippen molar-refractivity contribution < 1.29 is 4.74 Å². The standard InChI is InChI=1S/C9H11NO.C2H6/c1-6-3-9-7(2)11-5-8(9)4-10-6;1-2/h3-4,7H,5H2,1-2H3;1-2H3. The van der Waals surface area contributed by atoms with Gasteiger partial charge in [-0.2, -0.15) is 0 Å². The van der Waals surface area contributed by atoms with Crippen molar-refractivity contribution in [3.63, 3.8) is 0 Å². The molecule has 0 saturated carbocycles. The lowest BCUT2D eigenvalue weighted by molar-refractivity contribution is 0.0796. The summed E-state index contributed by atoms with van der Waals surface area (Å²) in [6.45, 7) is 8.81. The molecule has 1 aromatic rings. The first-order valence-electron chi connectivity index (χ1n) is 4.84. The highest BCUT2D eigenvalue weighted by Gasteiger charge is 2.18. The summed E-state index contributed by atoms with van der Waals surface area (Å²) in [6.07, 6.45) is 2.17. The number of aryl methyl sites for hydroxylation is 1. The van der Waals surface area contributed by atoms with Gasteiger partial charge in [-0.25, -0.2) is 0 Å². The Kier molecular flexibility index (Phi) is 3.43. The second kappa shape index (κ2) is 4.38. The third-order valence-electron chi connectivity index (χ3n) is 2.09. The molecule has 72 valence electrons. The van der Waals surface area contributed by atoms with Crippen molar-refractivity contribution in [2.24, 2.45) is 0 Å². The molecule has 0 saturated heterocycles. The molecule has 1 unspecified atom stereocenters. The largest absolute Gasteiger partial charge is 0.369 e. The Bertz CT molecular complexity index is 283. The van der Waals surface area contributed by atoms with Crippen molar-refractivity contribution in [3.8, 4) is 0 Å². The molecule has 2 nitrogen and oxygen atoms in total. The summed E-state index contributed by atoms with van der Waals surface area (Å²) >= 11 is 0. The van der Waals surface area contributed by atoms with E-state index in [1.165, 1.54) is 11.1 Å². The summed E-state index contributed by atoms with van der Waals surface area (Å²) in [5, 5.41) is 0. The zero-order chi connectivity index (χ0) is 9.84. The number of nitrogens with zero attached hydrogens (tertiary/aromatic N) is 1. The van der Waals surface area contributed by atoms with Crippen LogP contribution < -0.4 is 0 Å². The molecular weight excluding hydrogens is 162 g/mol. The Hall–Kier alpha value is -0.890. The van der Waals surface area contributed by atoms with Crippen LogP contribution in [0.15, 0.2) is 12.3 Å². The predicted octanol–water partition coefficient (Wildman–Crippen LogP) is 3.01. The molecule has 2 rings (SSSR count). The van der Waals surface area contributed by atoms with E-state index in [-0.39, 0.29) is 6.10 Å². The Morgan fingerprint density at radius 2 is 2.15 bits per heavy atom. The number of aromatic nitrogens is 1. The predicted molar refractivity (Wildman–Crippen MR) is 53.5 cm³/mol. The normalized spacial score (nSPS) is 18.9. The fourth-order valence-electron chi connectivity index (χ4n) is 1.41. The number of pyridine rings is 1. The van der Waals surface area contributed by atoms with Gasteiger partial charge in [0.25, 0.3) is 0 Å². The second-order valence-electron chi connectivity index (χ2n) is 2.98. The molecule has 13 heavy (non-hydrogen) atoms. The lowest BCUT2D eigenvalue weighted by Gasteiger charge is -2.02. The molecule has 1 aromatic heterocycles. The first-order chi connectivity index (χ1) is 6.27. The summed E-state index contributed by atoms with van der Waals surface area (Å²) in [4.78, 5) is 4.21. The summed E-state index contributed by atoms with van der Waals surface area (Å²) in [5.41, 5.74) is 3.61. The average Bonchev–Trinajstić information content (AvgIpc) is 2.52. The van der Waals surface area contributed by atoms with Gasteiger partial charge in [-0.15, -0.1) is 0 Å². The van der Waals surface area contributed by atoms with Crippen LogP contribution in [0.4, 0.5) is 0 Å². The number of hydrogen-bond acceptors (Lipinski definition) is 2. The lowest BCUT2D eigenvalue weighted by atomic mass is 10.1. The van der Waals surface area contributed by atoms with Gasteiger partial charge in [0.1, 0.15) is 0 Å². The van der Waals surface area contributed by atoms with Gasteiger partial charge in [0.2, 0.25) is 0 Å². The van der Waals surface area contributed by atoms with E-state index in [0.29, 0.717) is 0 Å². The van der Waals surface area contributed by atoms with Crippen LogP contribution in [0.25, 0.3) is 0 Å². The fraction of sp³-hybridized carbons (Fsp3) is 0.545. The fourth-order valence-corrected chi connectivity index (χ4v) is 1.41. The van der Waals surface area contributed by atoms with Crippen molar-refractivity contribution in [1.82, 2.24) is 4.98 Å². The van der Waals surface area contributed by atoms with Crippen molar-refractivity contribution in [2.75, 3.05) is 0 Å². The van der Waals surface area contributed by atoms with Crippen molar-refractivity contribution in [2.45, 2.75) is 40.4 Å². The van der Waals surface area contributed by atoms with Crippen LogP contribution in [0.3, 0.4) is 0 Å². The van der Waals surface area contributed by atoms with Gasteiger partial charge in [-0.3, -0.25) is 4.98 Å². The van der Waals surface area contributed by atoms with Crippen LogP contribution >= 0.6 is 0 Å². The number of hydrogen-bond donors (Lipinski definition) is 0. The molecule has 0 radical (unpaired) electrons. The molecule has 2 heteroatoms. The molecule has 1 atom stereocenters. The maximum absolute atomic E-state index is 5.44. The van der Waals surface area contributed by atoms with Gasteiger partial charge >= 0.3 is 0 Å². The third kappa shape index (κ3) is 2.07. The first-order valence-corrected chi connectivity index (χ1v) is 4.84. The maximum atomic E-state index is 5.44. The van der Waals surface area contributed by atoms with Gasteiger partial charge in [0.05, 0.1) is 12.7 Å². The van der Waals surface area contributed by atoms with E-state index in [4.69, 9.17) is 4.74 Å². The van der Waals surface area contributed by atoms with Crippen LogP contribution in [0.5, 0.6) is 0 Å². The van der Waals surface area contributed by atoms with Crippen LogP contribution in [-0.4, -0.2) is 4.98 Å². The average molecular weight is 179 g/mol. The Morgan fingerprint density at radius 3 is 2.85 bits per heavy atom. The maximum Gasteiger partial charge on any atom is 0.0806 e. The van der Waals surface area contributed by atoms with Crippen LogP contribution in [-0.2, 0) is 11.3 Å². The summed E-state index contributed by atoms with van der Waals surface area (Å²) in [7, 11) is 0. The van der Waals surface area contributed by atoms with Crippen molar-refractivity contribution >= 4 is 0 Å². The summed E-state index contributed by atoms with van der Waals surface area (Å²) in [6, 6.07) is 2.10.